The number of aromatic amines is 1. The fourth-order valence-electron chi connectivity index (χ4n) is 6.55. The lowest BCUT2D eigenvalue weighted by atomic mass is 9.68. The van der Waals surface area contributed by atoms with Crippen molar-refractivity contribution >= 4 is 51.9 Å². The third-order valence-electron chi connectivity index (χ3n) is 9.38. The summed E-state index contributed by atoms with van der Waals surface area (Å²) >= 11 is 6.17. The second-order valence-electron chi connectivity index (χ2n) is 12.4. The number of furan rings is 1. The van der Waals surface area contributed by atoms with Crippen molar-refractivity contribution in [3.8, 4) is 0 Å². The van der Waals surface area contributed by atoms with Gasteiger partial charge in [-0.05, 0) is 56.2 Å². The molecule has 0 spiro atoms. The largest absolute Gasteiger partial charge is 0.483 e. The number of unbranched alkanes of at least 4 members (excludes halogenated alkanes) is 2. The van der Waals surface area contributed by atoms with Crippen LogP contribution in [0.25, 0.3) is 22.1 Å². The first kappa shape index (κ1) is 33.4. The number of halogens is 1. The number of benzene rings is 1. The third kappa shape index (κ3) is 7.36. The summed E-state index contributed by atoms with van der Waals surface area (Å²) in [5, 5.41) is 8.41. The minimum absolute atomic E-state index is 0.102. The number of H-pyrrole nitrogens is 1. The van der Waals surface area contributed by atoms with E-state index in [4.69, 9.17) is 40.6 Å². The highest BCUT2D eigenvalue weighted by Crippen LogP contribution is 2.39. The quantitative estimate of drug-likeness (QED) is 0.158. The van der Waals surface area contributed by atoms with Crippen LogP contribution < -0.4 is 10.5 Å². The van der Waals surface area contributed by atoms with Gasteiger partial charge < -0.3 is 29.0 Å². The number of para-hydroxylation sites is 1. The summed E-state index contributed by atoms with van der Waals surface area (Å²) in [5.74, 6) is 1.86. The summed E-state index contributed by atoms with van der Waals surface area (Å²) in [4.78, 5) is 50.5. The first-order valence-corrected chi connectivity index (χ1v) is 16.4. The Morgan fingerprint density at radius 3 is 2.72 bits per heavy atom. The number of amides is 1. The number of nitrogens with one attached hydrogen (secondary N) is 1. The van der Waals surface area contributed by atoms with Gasteiger partial charge in [0.1, 0.15) is 17.7 Å². The number of ether oxygens (including phenoxy) is 1. The molecule has 5 heterocycles. The highest BCUT2D eigenvalue weighted by molar-refractivity contribution is 6.30. The van der Waals surface area contributed by atoms with Gasteiger partial charge in [0.05, 0.1) is 5.02 Å². The Hall–Kier alpha value is -3.96. The SMILES string of the molecule is CC1CN(C(=O)CCCCCOCc2nc(N3CCCC3)c3oc4ccccc4c3n2)CCC1(C)c1cc(Cl)c[nH]c1=O.O=CO. The minimum Gasteiger partial charge on any atom is -0.483 e. The lowest BCUT2D eigenvalue weighted by molar-refractivity contribution is -0.134. The summed E-state index contributed by atoms with van der Waals surface area (Å²) < 4.78 is 12.2. The Bertz CT molecular complexity index is 1720. The van der Waals surface area contributed by atoms with E-state index in [9.17, 15) is 9.59 Å². The number of hydrogen-bond acceptors (Lipinski definition) is 8. The molecule has 2 unspecified atom stereocenters. The number of carbonyl (C=O) groups excluding carboxylic acids is 1. The molecule has 11 nitrogen and oxygen atoms in total. The molecule has 2 fully saturated rings. The molecule has 1 amide bonds. The maximum absolute atomic E-state index is 13.0. The molecule has 3 aromatic heterocycles. The van der Waals surface area contributed by atoms with Gasteiger partial charge in [-0.2, -0.15) is 0 Å². The molecule has 0 bridgehead atoms. The van der Waals surface area contributed by atoms with Crippen LogP contribution in [0.3, 0.4) is 0 Å². The summed E-state index contributed by atoms with van der Waals surface area (Å²) in [6.07, 6.45) is 7.69. The van der Waals surface area contributed by atoms with Gasteiger partial charge in [-0.15, -0.1) is 0 Å². The van der Waals surface area contributed by atoms with E-state index in [2.05, 4.69) is 23.7 Å². The van der Waals surface area contributed by atoms with E-state index < -0.39 is 0 Å². The smallest absolute Gasteiger partial charge is 0.290 e. The second-order valence-corrected chi connectivity index (χ2v) is 12.8. The lowest BCUT2D eigenvalue weighted by Gasteiger charge is -2.44. The predicted octanol–water partition coefficient (Wildman–Crippen LogP) is 5.92. The second kappa shape index (κ2) is 15.1. The molecule has 2 aliphatic heterocycles. The fraction of sp³-hybridized carbons (Fsp3) is 0.500. The van der Waals surface area contributed by atoms with E-state index in [0.717, 1.165) is 79.5 Å². The minimum atomic E-state index is -0.319. The van der Waals surface area contributed by atoms with Crippen LogP contribution in [0.1, 0.15) is 70.2 Å². The van der Waals surface area contributed by atoms with Gasteiger partial charge in [0.15, 0.2) is 17.2 Å². The standard InChI is InChI=1S/C33H40ClN5O4.CH2O2/c1-22-20-39(16-13-33(22,2)25-18-23(34)19-35-32(25)41)28(40)12-4-3-9-17-42-21-27-36-29-24-10-5-6-11-26(24)43-30(29)31(37-27)38-14-7-8-15-38;2-1-3/h5-6,10-11,18-19,22H,3-4,7-9,12-17,20-21H2,1-2H3,(H,35,41);1H,(H,2,3). The molecule has 0 radical (unpaired) electrons. The molecule has 0 saturated carbocycles. The molecular weight excluding hydrogens is 610 g/mol. The van der Waals surface area contributed by atoms with Crippen LogP contribution in [0.4, 0.5) is 5.82 Å². The highest BCUT2D eigenvalue weighted by atomic mass is 35.5. The van der Waals surface area contributed by atoms with E-state index in [0.29, 0.717) is 49.1 Å². The van der Waals surface area contributed by atoms with E-state index in [1.807, 2.05) is 29.2 Å². The Labute approximate surface area is 272 Å². The summed E-state index contributed by atoms with van der Waals surface area (Å²) in [6, 6.07) is 9.75. The van der Waals surface area contributed by atoms with Gasteiger partial charge in [-0.1, -0.05) is 44.0 Å². The van der Waals surface area contributed by atoms with Crippen LogP contribution in [0, 0.1) is 5.92 Å². The molecule has 2 N–H and O–H groups in total. The van der Waals surface area contributed by atoms with Crippen molar-refractivity contribution in [2.45, 2.75) is 70.8 Å². The average Bonchev–Trinajstić information content (AvgIpc) is 3.72. The average molecular weight is 652 g/mol. The van der Waals surface area contributed by atoms with Crippen molar-refractivity contribution in [1.82, 2.24) is 19.9 Å². The number of carboxylic acid groups (broad SMARTS) is 1. The maximum Gasteiger partial charge on any atom is 0.290 e. The monoisotopic (exact) mass is 651 g/mol. The van der Waals surface area contributed by atoms with Gasteiger partial charge in [0, 0.05) is 61.8 Å². The highest BCUT2D eigenvalue weighted by Gasteiger charge is 2.40. The zero-order valence-electron chi connectivity index (χ0n) is 26.5. The molecule has 4 aromatic rings. The van der Waals surface area contributed by atoms with Crippen LogP contribution in [-0.2, 0) is 26.3 Å². The van der Waals surface area contributed by atoms with Crippen molar-refractivity contribution < 1.29 is 23.8 Å². The summed E-state index contributed by atoms with van der Waals surface area (Å²) in [6.45, 7) is 8.13. The van der Waals surface area contributed by atoms with Gasteiger partial charge >= 0.3 is 0 Å². The van der Waals surface area contributed by atoms with Crippen LogP contribution in [-0.4, -0.2) is 70.1 Å². The first-order valence-electron chi connectivity index (χ1n) is 16.0. The predicted molar refractivity (Wildman–Crippen MR) is 177 cm³/mol. The Balaban J connectivity index is 0.00000134. The zero-order valence-corrected chi connectivity index (χ0v) is 27.2. The number of nitrogens with zero attached hydrogens (tertiary/aromatic N) is 4. The van der Waals surface area contributed by atoms with E-state index >= 15 is 0 Å². The Morgan fingerprint density at radius 2 is 1.96 bits per heavy atom. The van der Waals surface area contributed by atoms with Crippen molar-refractivity contribution in [1.29, 1.82) is 0 Å². The molecule has 2 saturated heterocycles. The zero-order chi connectivity index (χ0) is 32.7. The van der Waals surface area contributed by atoms with Crippen LogP contribution in [0.15, 0.2) is 45.7 Å². The van der Waals surface area contributed by atoms with Crippen LogP contribution in [0.2, 0.25) is 5.02 Å². The number of likely N-dealkylation sites (tertiary alicyclic amines) is 1. The lowest BCUT2D eigenvalue weighted by Crippen LogP contribution is -2.51. The van der Waals surface area contributed by atoms with E-state index in [1.54, 1.807) is 6.07 Å². The number of carbonyl (C=O) groups is 2. The fourth-order valence-corrected chi connectivity index (χ4v) is 6.72. The van der Waals surface area contributed by atoms with Crippen LogP contribution >= 0.6 is 11.6 Å². The van der Waals surface area contributed by atoms with Gasteiger partial charge in [-0.25, -0.2) is 9.97 Å². The third-order valence-corrected chi connectivity index (χ3v) is 9.60. The maximum atomic E-state index is 13.0. The molecule has 0 aliphatic carbocycles. The number of aromatic nitrogens is 3. The first-order chi connectivity index (χ1) is 22.2. The van der Waals surface area contributed by atoms with Gasteiger partial charge in [0.25, 0.3) is 12.0 Å². The molecule has 1 aromatic carbocycles. The molecule has 2 atom stereocenters. The van der Waals surface area contributed by atoms with Gasteiger partial charge in [-0.3, -0.25) is 14.4 Å². The molecule has 6 rings (SSSR count). The van der Waals surface area contributed by atoms with Crippen molar-refractivity contribution in [2.24, 2.45) is 5.92 Å². The van der Waals surface area contributed by atoms with E-state index in [1.165, 1.54) is 6.20 Å². The van der Waals surface area contributed by atoms with Crippen molar-refractivity contribution in [3.63, 3.8) is 0 Å². The number of anilines is 1. The normalized spacial score (nSPS) is 19.8. The Morgan fingerprint density at radius 1 is 1.20 bits per heavy atom. The summed E-state index contributed by atoms with van der Waals surface area (Å²) in [5.41, 5.74) is 2.70. The number of rotatable bonds is 10. The Kier molecular flexibility index (Phi) is 11.0. The number of hydrogen-bond donors (Lipinski definition) is 2. The van der Waals surface area contributed by atoms with Crippen LogP contribution in [0.5, 0.6) is 0 Å². The van der Waals surface area contributed by atoms with E-state index in [-0.39, 0.29) is 29.3 Å². The van der Waals surface area contributed by atoms with Gasteiger partial charge in [0.2, 0.25) is 5.91 Å². The molecular formula is C34H42ClN5O6. The van der Waals surface area contributed by atoms with Crippen molar-refractivity contribution in [3.05, 3.63) is 63.3 Å². The topological polar surface area (TPSA) is 142 Å². The number of fused-ring (bicyclic) bond motifs is 3. The number of piperidine rings is 1. The summed E-state index contributed by atoms with van der Waals surface area (Å²) in [7, 11) is 0. The molecule has 46 heavy (non-hydrogen) atoms. The molecule has 12 heteroatoms. The van der Waals surface area contributed by atoms with Crippen molar-refractivity contribution in [2.75, 3.05) is 37.7 Å². The molecule has 2 aliphatic rings. The molecule has 246 valence electrons. The number of pyridine rings is 1.